The molecule has 9 heteroatoms. The summed E-state index contributed by atoms with van der Waals surface area (Å²) in [5, 5.41) is 1.80. The third kappa shape index (κ3) is 6.29. The van der Waals surface area contributed by atoms with Gasteiger partial charge in [-0.2, -0.15) is 0 Å². The van der Waals surface area contributed by atoms with Gasteiger partial charge in [0, 0.05) is 5.69 Å². The van der Waals surface area contributed by atoms with Crippen LogP contribution in [0.2, 0.25) is 5.02 Å². The maximum absolute atomic E-state index is 13.3. The molecule has 0 atom stereocenters. The zero-order valence-electron chi connectivity index (χ0n) is 18.6. The van der Waals surface area contributed by atoms with Gasteiger partial charge in [0.15, 0.2) is 0 Å². The highest BCUT2D eigenvalue weighted by atomic mass is 35.5. The summed E-state index contributed by atoms with van der Waals surface area (Å²) in [4.78, 5) is 38.4. The molecule has 1 aliphatic rings. The highest BCUT2D eigenvalue weighted by molar-refractivity contribution is 8.18. The van der Waals surface area contributed by atoms with Gasteiger partial charge in [0.05, 0.1) is 9.93 Å². The molecule has 35 heavy (non-hydrogen) atoms. The third-order valence-corrected chi connectivity index (χ3v) is 6.24. The molecule has 1 fully saturated rings. The average molecular weight is 511 g/mol. The third-order valence-electron chi connectivity index (χ3n) is 5.04. The fourth-order valence-corrected chi connectivity index (χ4v) is 4.35. The van der Waals surface area contributed by atoms with E-state index in [4.69, 9.17) is 16.3 Å². The molecule has 1 aliphatic heterocycles. The van der Waals surface area contributed by atoms with Crippen molar-refractivity contribution in [1.29, 1.82) is 0 Å². The molecular weight excluding hydrogens is 491 g/mol. The van der Waals surface area contributed by atoms with Crippen molar-refractivity contribution in [2.75, 3.05) is 11.9 Å². The van der Waals surface area contributed by atoms with Gasteiger partial charge < -0.3 is 10.1 Å². The fourth-order valence-electron chi connectivity index (χ4n) is 3.33. The fraction of sp³-hybridized carbons (Fsp3) is 0.115. The lowest BCUT2D eigenvalue weighted by atomic mass is 10.1. The molecule has 6 nitrogen and oxygen atoms in total. The normalized spacial score (nSPS) is 14.5. The number of amides is 3. The Morgan fingerprint density at radius 3 is 2.60 bits per heavy atom. The molecule has 0 spiro atoms. The monoisotopic (exact) mass is 510 g/mol. The van der Waals surface area contributed by atoms with Crippen molar-refractivity contribution in [2.45, 2.75) is 13.5 Å². The summed E-state index contributed by atoms with van der Waals surface area (Å²) in [5.41, 5.74) is 3.19. The van der Waals surface area contributed by atoms with Gasteiger partial charge >= 0.3 is 0 Å². The van der Waals surface area contributed by atoms with E-state index < -0.39 is 29.4 Å². The maximum atomic E-state index is 13.3. The van der Waals surface area contributed by atoms with Gasteiger partial charge in [-0.15, -0.1) is 0 Å². The zero-order valence-corrected chi connectivity index (χ0v) is 20.2. The van der Waals surface area contributed by atoms with E-state index in [0.29, 0.717) is 17.9 Å². The quantitative estimate of drug-likeness (QED) is 0.392. The van der Waals surface area contributed by atoms with E-state index in [9.17, 15) is 18.8 Å². The summed E-state index contributed by atoms with van der Waals surface area (Å²) >= 11 is 6.47. The predicted octanol–water partition coefficient (Wildman–Crippen LogP) is 6.04. The van der Waals surface area contributed by atoms with Crippen LogP contribution in [0.1, 0.15) is 16.7 Å². The SMILES string of the molecule is Cc1cccc(COc2ccc(/C=C3/SC(=O)N(CC(=O)Nc4ccc(F)c(Cl)c4)C3=O)cc2)c1. The van der Waals surface area contributed by atoms with Crippen LogP contribution in [0.5, 0.6) is 5.75 Å². The number of halogens is 2. The molecule has 0 aliphatic carbocycles. The van der Waals surface area contributed by atoms with Gasteiger partial charge in [-0.25, -0.2) is 4.39 Å². The van der Waals surface area contributed by atoms with E-state index in [1.54, 1.807) is 30.3 Å². The lowest BCUT2D eigenvalue weighted by molar-refractivity contribution is -0.127. The van der Waals surface area contributed by atoms with Crippen molar-refractivity contribution in [1.82, 2.24) is 4.90 Å². The molecule has 4 rings (SSSR count). The summed E-state index contributed by atoms with van der Waals surface area (Å²) < 4.78 is 19.1. The molecule has 3 aromatic carbocycles. The summed E-state index contributed by atoms with van der Waals surface area (Å²) in [5.74, 6) is -1.11. The van der Waals surface area contributed by atoms with Gasteiger partial charge in [0.25, 0.3) is 11.1 Å². The molecular formula is C26H20ClFN2O4S. The minimum atomic E-state index is -0.619. The molecule has 0 unspecified atom stereocenters. The summed E-state index contributed by atoms with van der Waals surface area (Å²) in [6.45, 7) is 1.99. The maximum Gasteiger partial charge on any atom is 0.294 e. The molecule has 0 saturated carbocycles. The largest absolute Gasteiger partial charge is 0.489 e. The van der Waals surface area contributed by atoms with Crippen LogP contribution >= 0.6 is 23.4 Å². The lowest BCUT2D eigenvalue weighted by Crippen LogP contribution is -2.36. The number of carbonyl (C=O) groups excluding carboxylic acids is 3. The van der Waals surface area contributed by atoms with Crippen LogP contribution in [0.3, 0.4) is 0 Å². The Bertz CT molecular complexity index is 1330. The first-order valence-corrected chi connectivity index (χ1v) is 11.8. The Balaban J connectivity index is 1.36. The molecule has 0 bridgehead atoms. The number of anilines is 1. The van der Waals surface area contributed by atoms with Crippen LogP contribution in [0, 0.1) is 12.7 Å². The summed E-state index contributed by atoms with van der Waals surface area (Å²) in [7, 11) is 0. The Hall–Kier alpha value is -3.62. The van der Waals surface area contributed by atoms with E-state index in [1.165, 1.54) is 12.1 Å². The number of ether oxygens (including phenoxy) is 1. The highest BCUT2D eigenvalue weighted by Gasteiger charge is 2.36. The van der Waals surface area contributed by atoms with Crippen LogP contribution in [0.25, 0.3) is 6.08 Å². The van der Waals surface area contributed by atoms with Crippen molar-refractivity contribution in [3.63, 3.8) is 0 Å². The molecule has 0 radical (unpaired) electrons. The molecule has 0 aromatic heterocycles. The van der Waals surface area contributed by atoms with Crippen molar-refractivity contribution in [3.8, 4) is 5.75 Å². The van der Waals surface area contributed by atoms with Gasteiger partial charge in [-0.05, 0) is 66.2 Å². The number of benzene rings is 3. The number of hydrogen-bond acceptors (Lipinski definition) is 5. The van der Waals surface area contributed by atoms with Gasteiger partial charge in [-0.1, -0.05) is 53.6 Å². The minimum Gasteiger partial charge on any atom is -0.489 e. The van der Waals surface area contributed by atoms with E-state index in [2.05, 4.69) is 11.4 Å². The van der Waals surface area contributed by atoms with Gasteiger partial charge in [0.2, 0.25) is 5.91 Å². The van der Waals surface area contributed by atoms with E-state index in [1.807, 2.05) is 25.1 Å². The molecule has 3 amide bonds. The number of carbonyl (C=O) groups is 3. The number of rotatable bonds is 7. The minimum absolute atomic E-state index is 0.150. The second-order valence-electron chi connectivity index (χ2n) is 7.79. The number of nitrogens with one attached hydrogen (secondary N) is 1. The number of hydrogen-bond donors (Lipinski definition) is 1. The second kappa shape index (κ2) is 10.8. The van der Waals surface area contributed by atoms with Crippen LogP contribution in [-0.4, -0.2) is 28.5 Å². The molecule has 178 valence electrons. The molecule has 3 aromatic rings. The topological polar surface area (TPSA) is 75.7 Å². The Morgan fingerprint density at radius 1 is 1.11 bits per heavy atom. The van der Waals surface area contributed by atoms with E-state index in [-0.39, 0.29) is 15.6 Å². The lowest BCUT2D eigenvalue weighted by Gasteiger charge is -2.12. The molecule has 1 saturated heterocycles. The highest BCUT2D eigenvalue weighted by Crippen LogP contribution is 2.32. The molecule has 1 heterocycles. The van der Waals surface area contributed by atoms with Gasteiger partial charge in [0.1, 0.15) is 24.7 Å². The number of imide groups is 1. The predicted molar refractivity (Wildman–Crippen MR) is 135 cm³/mol. The van der Waals surface area contributed by atoms with Crippen molar-refractivity contribution in [3.05, 3.63) is 99.2 Å². The summed E-state index contributed by atoms with van der Waals surface area (Å²) in [6.07, 6.45) is 1.59. The first kappa shape index (κ1) is 24.5. The van der Waals surface area contributed by atoms with Crippen molar-refractivity contribution >= 4 is 52.2 Å². The number of aryl methyl sites for hydroxylation is 1. The van der Waals surface area contributed by atoms with E-state index in [0.717, 1.165) is 33.9 Å². The first-order valence-electron chi connectivity index (χ1n) is 10.6. The van der Waals surface area contributed by atoms with E-state index >= 15 is 0 Å². The summed E-state index contributed by atoms with van der Waals surface area (Å²) in [6, 6.07) is 18.9. The van der Waals surface area contributed by atoms with Crippen molar-refractivity contribution < 1.29 is 23.5 Å². The van der Waals surface area contributed by atoms with Crippen LogP contribution in [0.15, 0.2) is 71.6 Å². The smallest absolute Gasteiger partial charge is 0.294 e. The van der Waals surface area contributed by atoms with Crippen LogP contribution in [-0.2, 0) is 16.2 Å². The van der Waals surface area contributed by atoms with Gasteiger partial charge in [-0.3, -0.25) is 19.3 Å². The molecule has 1 N–H and O–H groups in total. The Kier molecular flexibility index (Phi) is 7.53. The second-order valence-corrected chi connectivity index (χ2v) is 9.19. The number of nitrogens with zero attached hydrogens (tertiary/aromatic N) is 1. The van der Waals surface area contributed by atoms with Crippen LogP contribution in [0.4, 0.5) is 14.9 Å². The first-order chi connectivity index (χ1) is 16.8. The zero-order chi connectivity index (χ0) is 24.9. The van der Waals surface area contributed by atoms with Crippen LogP contribution < -0.4 is 10.1 Å². The average Bonchev–Trinajstić information content (AvgIpc) is 3.08. The Morgan fingerprint density at radius 2 is 1.89 bits per heavy atom. The standard InChI is InChI=1S/C26H20ClFN2O4S/c1-16-3-2-4-18(11-16)15-34-20-8-5-17(6-9-20)12-23-25(32)30(26(33)35-23)14-24(31)29-19-7-10-22(28)21(27)13-19/h2-13H,14-15H2,1H3,(H,29,31)/b23-12+. The van der Waals surface area contributed by atoms with Crippen molar-refractivity contribution in [2.24, 2.45) is 0 Å². The Labute approximate surface area is 210 Å². The number of thioether (sulfide) groups is 1.